The van der Waals surface area contributed by atoms with Crippen LogP contribution < -0.4 is 0 Å². The lowest BCUT2D eigenvalue weighted by molar-refractivity contribution is -0.396. The van der Waals surface area contributed by atoms with Crippen LogP contribution in [0.2, 0.25) is 0 Å². The van der Waals surface area contributed by atoms with Crippen molar-refractivity contribution in [3.63, 3.8) is 0 Å². The van der Waals surface area contributed by atoms with Gasteiger partial charge in [-0.1, -0.05) is 0 Å². The predicted molar refractivity (Wildman–Crippen MR) is 305 cm³/mol. The largest absolute Gasteiger partial charge is 0.397 e. The molecule has 22 heterocycles. The molecule has 25 N–H and O–H groups in total. The first-order valence-corrected chi connectivity index (χ1v) is 30.6. The number of aliphatic hydroxyl groups is 25. The molecule has 0 aromatic heterocycles. The van der Waals surface area contributed by atoms with Gasteiger partial charge >= 0.3 is 0 Å². The molecule has 41 nitrogen and oxygen atoms in total. The van der Waals surface area contributed by atoms with Crippen molar-refractivity contribution in [2.24, 2.45) is 0 Å². The van der Waals surface area contributed by atoms with Crippen LogP contribution in [-0.4, -0.2) is 440 Å². The summed E-state index contributed by atoms with van der Waals surface area (Å²) in [4.78, 5) is 0. The lowest BCUT2D eigenvalue weighted by atomic mass is 9.95. The number of rotatable bonds is 9. The van der Waals surface area contributed by atoms with Crippen molar-refractivity contribution in [2.75, 3.05) is 66.6 Å². The Kier molecular flexibility index (Phi) is 34.6. The molecule has 97 heavy (non-hydrogen) atoms. The van der Waals surface area contributed by atoms with Gasteiger partial charge in [0.05, 0.1) is 59.0 Å². The molecule has 0 amide bonds. The van der Waals surface area contributed by atoms with Crippen molar-refractivity contribution in [1.29, 1.82) is 0 Å². The molecule has 40 unspecified atom stereocenters. The number of terminal acetylenes is 2. The zero-order chi connectivity index (χ0) is 72.8. The second-order valence-corrected chi connectivity index (χ2v) is 23.2. The van der Waals surface area contributed by atoms with Gasteiger partial charge in [0.15, 0.2) is 44.0 Å². The van der Waals surface area contributed by atoms with Crippen molar-refractivity contribution in [3.05, 3.63) is 0 Å². The van der Waals surface area contributed by atoms with Gasteiger partial charge < -0.3 is 203 Å². The summed E-state index contributed by atoms with van der Waals surface area (Å²) in [6.07, 6.45) is -57.9. The lowest BCUT2D eigenvalue weighted by Crippen LogP contribution is -2.68. The maximum Gasteiger partial charge on any atom is 0.187 e. The lowest BCUT2D eigenvalue weighted by Gasteiger charge is -2.50. The Balaban J connectivity index is 0.000000740. The van der Waals surface area contributed by atoms with E-state index in [0.717, 1.165) is 0 Å². The molecule has 14 bridgehead atoms. The monoisotopic (exact) mass is 1420 g/mol. The van der Waals surface area contributed by atoms with E-state index >= 15 is 0 Å². The van der Waals surface area contributed by atoms with Crippen LogP contribution >= 0.6 is 0 Å². The van der Waals surface area contributed by atoms with Crippen LogP contribution in [0.4, 0.5) is 0 Å². The molecule has 22 saturated heterocycles. The minimum Gasteiger partial charge on any atom is -0.397 e. The van der Waals surface area contributed by atoms with Crippen molar-refractivity contribution >= 4 is 0 Å². The summed E-state index contributed by atoms with van der Waals surface area (Å²) in [5, 5.41) is 266. The van der Waals surface area contributed by atoms with E-state index in [1.54, 1.807) is 13.8 Å². The van der Waals surface area contributed by atoms with Crippen LogP contribution in [0.1, 0.15) is 13.8 Å². The van der Waals surface area contributed by atoms with E-state index in [4.69, 9.17) is 86.0 Å². The van der Waals surface area contributed by atoms with Crippen LogP contribution in [0.15, 0.2) is 0 Å². The summed E-state index contributed by atoms with van der Waals surface area (Å²) in [5.74, 6) is 0. The van der Waals surface area contributed by atoms with Gasteiger partial charge in [0.1, 0.15) is 195 Å². The highest BCUT2D eigenvalue weighted by molar-refractivity contribution is 5.02. The molecule has 0 aromatic carbocycles. The first-order valence-electron chi connectivity index (χ1n) is 30.6. The number of ether oxygens (including phenoxy) is 16. The Bertz CT molecular complexity index is 1900. The SMILES string of the molecule is C#C.C#C.CCO.COC1C(CO)OC(C)C(O)C1O.OCC1OC2OC3C(CO)OC(OC4C(CO)OC(OC5C(CO)OC(OC6C(CO)OC(OC7C(CO)OC(OC8C(CO)OC(OC1C(O)C2O)C(O)C8O)C(O)C7O)C(O)C6O)C(O)C5O)C(O)C4O)C(O)C3O. The van der Waals surface area contributed by atoms with Crippen LogP contribution in [0.5, 0.6) is 0 Å². The molecule has 22 aliphatic rings. The van der Waals surface area contributed by atoms with Gasteiger partial charge in [0.25, 0.3) is 0 Å². The molecule has 40 atom stereocenters. The van der Waals surface area contributed by atoms with E-state index in [1.807, 2.05) is 0 Å². The fourth-order valence-electron chi connectivity index (χ4n) is 12.0. The topological polar surface area (TPSA) is 653 Å². The molecule has 0 saturated carbocycles. The number of aliphatic hydroxyl groups excluding tert-OH is 25. The molecule has 22 fully saturated rings. The molecular weight excluding hydrogens is 1330 g/mol. The summed E-state index contributed by atoms with van der Waals surface area (Å²) in [6, 6.07) is 0. The minimum absolute atomic E-state index is 0.230. The van der Waals surface area contributed by atoms with Crippen molar-refractivity contribution in [2.45, 2.75) is 259 Å². The zero-order valence-corrected chi connectivity index (χ0v) is 52.5. The Morgan fingerprint density at radius 1 is 0.237 bits per heavy atom. The first-order chi connectivity index (χ1) is 46.2. The minimum atomic E-state index is -2.21. The van der Waals surface area contributed by atoms with Gasteiger partial charge in [-0.25, -0.2) is 0 Å². The smallest absolute Gasteiger partial charge is 0.187 e. The van der Waals surface area contributed by atoms with Gasteiger partial charge in [0, 0.05) is 13.7 Å². The van der Waals surface area contributed by atoms with E-state index in [1.165, 1.54) is 7.11 Å². The highest BCUT2D eigenvalue weighted by Crippen LogP contribution is 2.39. The van der Waals surface area contributed by atoms with E-state index in [0.29, 0.717) is 0 Å². The molecule has 0 aromatic rings. The Morgan fingerprint density at radius 2 is 0.392 bits per heavy atom. The van der Waals surface area contributed by atoms with Gasteiger partial charge in [-0.3, -0.25) is 0 Å². The third kappa shape index (κ3) is 18.9. The molecule has 22 rings (SSSR count). The van der Waals surface area contributed by atoms with Crippen LogP contribution in [0, 0.1) is 25.7 Å². The number of hydrogen-bond donors (Lipinski definition) is 25. The van der Waals surface area contributed by atoms with Gasteiger partial charge in [-0.15, -0.1) is 25.7 Å². The van der Waals surface area contributed by atoms with E-state index < -0.39 is 292 Å². The second-order valence-electron chi connectivity index (χ2n) is 23.2. The van der Waals surface area contributed by atoms with Gasteiger partial charge in [0.2, 0.25) is 0 Å². The standard InChI is InChI=1S/C42H70O35.C8H16O5.C2H6O.2C2H2/c43-1-8-29-15(50)22(57)36(64-8)72-30-9(2-44)66-38(24(59)17(30)52)74-32-11(4-46)68-40(26(61)19(32)54)76-34-13(6-48)70-42(28(63)21(34)56)77-35-14(7-49)69-41(27(62)20(35)55)75-33-12(5-47)67-39(25(60)18(33)53)73-31-10(3-45)65-37(71-29)23(58)16(31)51;1-4-6(10)7(11)8(12-2)5(3-9)13-4;1-2-3;2*1-2/h8-63H,1-7H2;4-11H,3H2,1-2H3;3H,2H2,1H3;2*1-2H. The van der Waals surface area contributed by atoms with Crippen molar-refractivity contribution < 1.29 is 203 Å². The molecule has 41 heteroatoms. The number of methoxy groups -OCH3 is 1. The third-order valence-corrected chi connectivity index (χ3v) is 17.2. The normalized spacial score (nSPS) is 50.4. The third-order valence-electron chi connectivity index (χ3n) is 17.2. The van der Waals surface area contributed by atoms with E-state index in [9.17, 15) is 117 Å². The summed E-state index contributed by atoms with van der Waals surface area (Å²) in [7, 11) is 1.41. The first kappa shape index (κ1) is 85.1. The highest BCUT2D eigenvalue weighted by atomic mass is 16.8. The second kappa shape index (κ2) is 39.4. The molecular formula is C56H96O41. The average Bonchev–Trinajstić information content (AvgIpc) is 0.784. The van der Waals surface area contributed by atoms with Crippen LogP contribution in [0.25, 0.3) is 0 Å². The van der Waals surface area contributed by atoms with E-state index in [2.05, 4.69) is 25.7 Å². The van der Waals surface area contributed by atoms with Gasteiger partial charge in [-0.05, 0) is 13.8 Å². The summed E-state index contributed by atoms with van der Waals surface area (Å²) in [6.45, 7) is -3.99. The average molecular weight is 1430 g/mol. The number of hydrogen-bond acceptors (Lipinski definition) is 41. The van der Waals surface area contributed by atoms with Crippen LogP contribution in [0.3, 0.4) is 0 Å². The summed E-state index contributed by atoms with van der Waals surface area (Å²) in [5.41, 5.74) is 0. The quantitative estimate of drug-likeness (QED) is 0.0953. The predicted octanol–water partition coefficient (Wildman–Crippen LogP) is -16.2. The molecule has 0 aliphatic carbocycles. The molecule has 0 radical (unpaired) electrons. The van der Waals surface area contributed by atoms with Crippen LogP contribution in [-0.2, 0) is 75.8 Å². The maximum atomic E-state index is 11.3. The maximum absolute atomic E-state index is 11.3. The Morgan fingerprint density at radius 3 is 0.526 bits per heavy atom. The fraction of sp³-hybridized carbons (Fsp3) is 0.929. The van der Waals surface area contributed by atoms with Gasteiger partial charge in [-0.2, -0.15) is 0 Å². The Hall–Kier alpha value is -2.52. The fourth-order valence-corrected chi connectivity index (χ4v) is 12.0. The molecule has 566 valence electrons. The Labute approximate surface area is 553 Å². The molecule has 22 aliphatic heterocycles. The zero-order valence-electron chi connectivity index (χ0n) is 52.5. The van der Waals surface area contributed by atoms with Crippen molar-refractivity contribution in [1.82, 2.24) is 0 Å². The highest BCUT2D eigenvalue weighted by Gasteiger charge is 2.60. The van der Waals surface area contributed by atoms with Crippen molar-refractivity contribution in [3.8, 4) is 25.7 Å². The summed E-state index contributed by atoms with van der Waals surface area (Å²) < 4.78 is 89.6. The molecule has 0 spiro atoms. The van der Waals surface area contributed by atoms with E-state index in [-0.39, 0.29) is 13.2 Å². The summed E-state index contributed by atoms with van der Waals surface area (Å²) >= 11 is 0.